The van der Waals surface area contributed by atoms with E-state index in [4.69, 9.17) is 4.74 Å². The summed E-state index contributed by atoms with van der Waals surface area (Å²) in [7, 11) is 0. The molecule has 0 atom stereocenters. The number of rotatable bonds is 4. The van der Waals surface area contributed by atoms with Crippen molar-refractivity contribution in [3.8, 4) is 0 Å². The molecule has 0 aromatic carbocycles. The van der Waals surface area contributed by atoms with Crippen LogP contribution in [0, 0.1) is 0 Å². The van der Waals surface area contributed by atoms with Crippen molar-refractivity contribution < 1.29 is 14.3 Å². The van der Waals surface area contributed by atoms with E-state index >= 15 is 0 Å². The Morgan fingerprint density at radius 2 is 2.43 bits per heavy atom. The van der Waals surface area contributed by atoms with Crippen molar-refractivity contribution in [2.45, 2.75) is 19.8 Å². The minimum Gasteiger partial charge on any atom is -0.461 e. The molecular formula is C10H15NO3. The average molecular weight is 197 g/mol. The second-order valence-corrected chi connectivity index (χ2v) is 3.15. The van der Waals surface area contributed by atoms with Gasteiger partial charge in [0.15, 0.2) is 0 Å². The predicted molar refractivity (Wildman–Crippen MR) is 51.6 cm³/mol. The Bertz CT molecular complexity index is 248. The normalized spacial score (nSPS) is 16.6. The summed E-state index contributed by atoms with van der Waals surface area (Å²) < 4.78 is 4.87. The van der Waals surface area contributed by atoms with Crippen LogP contribution in [0.3, 0.4) is 0 Å². The van der Waals surface area contributed by atoms with Crippen molar-refractivity contribution in [2.75, 3.05) is 19.7 Å². The van der Waals surface area contributed by atoms with E-state index in [-0.39, 0.29) is 18.5 Å². The smallest absolute Gasteiger partial charge is 0.330 e. The van der Waals surface area contributed by atoms with Gasteiger partial charge in [0.05, 0.1) is 6.54 Å². The third-order valence-corrected chi connectivity index (χ3v) is 2.08. The van der Waals surface area contributed by atoms with Gasteiger partial charge in [-0.3, -0.25) is 4.79 Å². The molecule has 78 valence electrons. The van der Waals surface area contributed by atoms with Crippen LogP contribution >= 0.6 is 0 Å². The van der Waals surface area contributed by atoms with Gasteiger partial charge in [0, 0.05) is 19.0 Å². The van der Waals surface area contributed by atoms with Gasteiger partial charge in [-0.25, -0.2) is 4.79 Å². The predicted octanol–water partition coefficient (Wildman–Crippen LogP) is 0.728. The van der Waals surface area contributed by atoms with Crippen LogP contribution in [0.5, 0.6) is 0 Å². The average Bonchev–Trinajstić information content (AvgIpc) is 2.52. The minimum atomic E-state index is -0.348. The summed E-state index contributed by atoms with van der Waals surface area (Å²) in [6.07, 6.45) is 4.54. The van der Waals surface area contributed by atoms with Gasteiger partial charge in [0.25, 0.3) is 0 Å². The van der Waals surface area contributed by atoms with E-state index in [9.17, 15) is 9.59 Å². The molecule has 4 heteroatoms. The number of likely N-dealkylation sites (tertiary alicyclic amines) is 1. The monoisotopic (exact) mass is 197 g/mol. The van der Waals surface area contributed by atoms with Crippen molar-refractivity contribution in [2.24, 2.45) is 0 Å². The quantitative estimate of drug-likeness (QED) is 0.493. The van der Waals surface area contributed by atoms with E-state index in [2.05, 4.69) is 0 Å². The number of nitrogens with zero attached hydrogens (tertiary/aromatic N) is 1. The van der Waals surface area contributed by atoms with Crippen molar-refractivity contribution in [3.63, 3.8) is 0 Å². The van der Waals surface area contributed by atoms with Crippen molar-refractivity contribution >= 4 is 11.9 Å². The van der Waals surface area contributed by atoms with E-state index in [1.165, 1.54) is 6.08 Å². The number of ether oxygens (including phenoxy) is 1. The van der Waals surface area contributed by atoms with E-state index in [1.807, 2.05) is 0 Å². The molecule has 0 aliphatic carbocycles. The largest absolute Gasteiger partial charge is 0.461 e. The lowest BCUT2D eigenvalue weighted by atomic mass is 10.4. The number of amides is 1. The number of allylic oxidation sites excluding steroid dienone is 1. The van der Waals surface area contributed by atoms with Crippen LogP contribution in [0.15, 0.2) is 12.2 Å². The maximum Gasteiger partial charge on any atom is 0.330 e. The highest BCUT2D eigenvalue weighted by Gasteiger charge is 2.19. The SMILES string of the molecule is C/C=C\C(=O)OCCN1CCCC1=O. The zero-order valence-corrected chi connectivity index (χ0v) is 8.36. The topological polar surface area (TPSA) is 46.6 Å². The maximum absolute atomic E-state index is 11.1. The van der Waals surface area contributed by atoms with E-state index in [0.29, 0.717) is 13.0 Å². The first-order chi connectivity index (χ1) is 6.74. The Morgan fingerprint density at radius 3 is 3.00 bits per heavy atom. The van der Waals surface area contributed by atoms with Crippen LogP contribution in [0.25, 0.3) is 0 Å². The highest BCUT2D eigenvalue weighted by atomic mass is 16.5. The van der Waals surface area contributed by atoms with Gasteiger partial charge in [-0.05, 0) is 13.3 Å². The minimum absolute atomic E-state index is 0.159. The molecule has 1 saturated heterocycles. The fourth-order valence-corrected chi connectivity index (χ4v) is 1.38. The second-order valence-electron chi connectivity index (χ2n) is 3.15. The van der Waals surface area contributed by atoms with Gasteiger partial charge in [-0.15, -0.1) is 0 Å². The summed E-state index contributed by atoms with van der Waals surface area (Å²) in [6, 6.07) is 0. The standard InChI is InChI=1S/C10H15NO3/c1-2-4-10(13)14-8-7-11-6-3-5-9(11)12/h2,4H,3,5-8H2,1H3/b4-2-. The van der Waals surface area contributed by atoms with Crippen molar-refractivity contribution in [3.05, 3.63) is 12.2 Å². The summed E-state index contributed by atoms with van der Waals surface area (Å²) >= 11 is 0. The molecule has 0 radical (unpaired) electrons. The lowest BCUT2D eigenvalue weighted by Crippen LogP contribution is -2.29. The van der Waals surface area contributed by atoms with Crippen LogP contribution in [0.4, 0.5) is 0 Å². The molecule has 14 heavy (non-hydrogen) atoms. The molecule has 0 unspecified atom stereocenters. The zero-order chi connectivity index (χ0) is 10.4. The van der Waals surface area contributed by atoms with Crippen molar-refractivity contribution in [1.82, 2.24) is 4.90 Å². The van der Waals surface area contributed by atoms with Crippen LogP contribution in [0.2, 0.25) is 0 Å². The van der Waals surface area contributed by atoms with Crippen LogP contribution in [-0.2, 0) is 14.3 Å². The molecule has 1 aliphatic rings. The fourth-order valence-electron chi connectivity index (χ4n) is 1.38. The highest BCUT2D eigenvalue weighted by Crippen LogP contribution is 2.08. The zero-order valence-electron chi connectivity index (χ0n) is 8.36. The Morgan fingerprint density at radius 1 is 1.64 bits per heavy atom. The molecule has 0 aromatic rings. The van der Waals surface area contributed by atoms with E-state index < -0.39 is 0 Å². The van der Waals surface area contributed by atoms with Gasteiger partial charge in [-0.1, -0.05) is 6.08 Å². The summed E-state index contributed by atoms with van der Waals surface area (Å²) in [6.45, 7) is 3.35. The molecule has 0 N–H and O–H groups in total. The molecular weight excluding hydrogens is 182 g/mol. The summed E-state index contributed by atoms with van der Waals surface area (Å²) in [4.78, 5) is 23.8. The summed E-state index contributed by atoms with van der Waals surface area (Å²) in [5.74, 6) is -0.189. The molecule has 1 rings (SSSR count). The lowest BCUT2D eigenvalue weighted by molar-refractivity contribution is -0.140. The first kappa shape index (κ1) is 10.8. The Labute approximate surface area is 83.5 Å². The third kappa shape index (κ3) is 3.20. The lowest BCUT2D eigenvalue weighted by Gasteiger charge is -2.14. The van der Waals surface area contributed by atoms with Gasteiger partial charge in [0.1, 0.15) is 6.61 Å². The number of hydrogen-bond donors (Lipinski definition) is 0. The van der Waals surface area contributed by atoms with Gasteiger partial charge in [0.2, 0.25) is 5.91 Å². The Balaban J connectivity index is 2.15. The Hall–Kier alpha value is -1.32. The molecule has 1 amide bonds. The number of carbonyl (C=O) groups excluding carboxylic acids is 2. The second kappa shape index (κ2) is 5.42. The third-order valence-electron chi connectivity index (χ3n) is 2.08. The number of esters is 1. The molecule has 0 spiro atoms. The Kier molecular flexibility index (Phi) is 4.16. The maximum atomic E-state index is 11.1. The van der Waals surface area contributed by atoms with Crippen LogP contribution < -0.4 is 0 Å². The van der Waals surface area contributed by atoms with E-state index in [0.717, 1.165) is 13.0 Å². The molecule has 1 heterocycles. The summed E-state index contributed by atoms with van der Waals surface area (Å²) in [5, 5.41) is 0. The molecule has 4 nitrogen and oxygen atoms in total. The van der Waals surface area contributed by atoms with Crippen LogP contribution in [0.1, 0.15) is 19.8 Å². The van der Waals surface area contributed by atoms with Gasteiger partial charge in [-0.2, -0.15) is 0 Å². The summed E-state index contributed by atoms with van der Waals surface area (Å²) in [5.41, 5.74) is 0. The molecule has 1 fully saturated rings. The highest BCUT2D eigenvalue weighted by molar-refractivity contribution is 5.81. The molecule has 0 aromatic heterocycles. The molecule has 0 bridgehead atoms. The molecule has 1 aliphatic heterocycles. The molecule has 0 saturated carbocycles. The van der Waals surface area contributed by atoms with E-state index in [1.54, 1.807) is 17.9 Å². The number of carbonyl (C=O) groups is 2. The first-order valence-corrected chi connectivity index (χ1v) is 4.81. The first-order valence-electron chi connectivity index (χ1n) is 4.81. The van der Waals surface area contributed by atoms with Gasteiger partial charge >= 0.3 is 5.97 Å². The fraction of sp³-hybridized carbons (Fsp3) is 0.600. The van der Waals surface area contributed by atoms with Gasteiger partial charge < -0.3 is 9.64 Å². The van der Waals surface area contributed by atoms with Crippen molar-refractivity contribution in [1.29, 1.82) is 0 Å². The van der Waals surface area contributed by atoms with Crippen LogP contribution in [-0.4, -0.2) is 36.5 Å². The number of hydrogen-bond acceptors (Lipinski definition) is 3.